The van der Waals surface area contributed by atoms with Gasteiger partial charge in [0.15, 0.2) is 0 Å². The van der Waals surface area contributed by atoms with Crippen LogP contribution in [0.3, 0.4) is 0 Å². The van der Waals surface area contributed by atoms with Crippen molar-refractivity contribution in [3.8, 4) is 0 Å². The van der Waals surface area contributed by atoms with Crippen LogP contribution in [0.1, 0.15) is 50.5 Å². The second kappa shape index (κ2) is 4.81. The number of nitrogens with one attached hydrogen (secondary N) is 1. The highest BCUT2D eigenvalue weighted by Crippen LogP contribution is 2.41. The fourth-order valence-electron chi connectivity index (χ4n) is 3.18. The summed E-state index contributed by atoms with van der Waals surface area (Å²) >= 11 is 0. The van der Waals surface area contributed by atoms with Crippen molar-refractivity contribution in [3.05, 3.63) is 35.9 Å². The van der Waals surface area contributed by atoms with E-state index in [1.165, 1.54) is 37.7 Å². The van der Waals surface area contributed by atoms with Crippen molar-refractivity contribution in [1.82, 2.24) is 5.32 Å². The lowest BCUT2D eigenvalue weighted by molar-refractivity contribution is 0.305. The van der Waals surface area contributed by atoms with E-state index in [9.17, 15) is 0 Å². The van der Waals surface area contributed by atoms with Crippen LogP contribution in [0.15, 0.2) is 30.3 Å². The van der Waals surface area contributed by atoms with Gasteiger partial charge >= 0.3 is 0 Å². The first-order valence-electron chi connectivity index (χ1n) is 7.14. The third-order valence-electron chi connectivity index (χ3n) is 4.48. The van der Waals surface area contributed by atoms with Gasteiger partial charge in [-0.2, -0.15) is 0 Å². The molecule has 0 radical (unpaired) electrons. The summed E-state index contributed by atoms with van der Waals surface area (Å²) in [6, 6.07) is 12.5. The van der Waals surface area contributed by atoms with Crippen LogP contribution in [-0.2, 0) is 0 Å². The predicted octanol–water partition coefficient (Wildman–Crippen LogP) is 3.71. The minimum Gasteiger partial charge on any atom is -0.311 e. The van der Waals surface area contributed by atoms with Gasteiger partial charge in [-0.25, -0.2) is 0 Å². The smallest absolute Gasteiger partial charge is 0.0145 e. The first kappa shape index (κ1) is 11.3. The number of hydrogen-bond donors (Lipinski definition) is 1. The van der Waals surface area contributed by atoms with Gasteiger partial charge < -0.3 is 5.32 Å². The summed E-state index contributed by atoms with van der Waals surface area (Å²) in [6.07, 6.45) is 6.95. The lowest BCUT2D eigenvalue weighted by Gasteiger charge is -2.27. The van der Waals surface area contributed by atoms with Crippen LogP contribution in [0.5, 0.6) is 0 Å². The van der Waals surface area contributed by atoms with Crippen molar-refractivity contribution < 1.29 is 0 Å². The Morgan fingerprint density at radius 3 is 2.41 bits per heavy atom. The molecule has 1 aromatic rings. The van der Waals surface area contributed by atoms with Gasteiger partial charge in [-0.05, 0) is 43.6 Å². The Hall–Kier alpha value is -0.820. The molecule has 0 bridgehead atoms. The Kier molecular flexibility index (Phi) is 3.19. The molecule has 0 heterocycles. The van der Waals surface area contributed by atoms with Gasteiger partial charge in [0.1, 0.15) is 0 Å². The normalized spacial score (nSPS) is 36.8. The molecule has 2 aliphatic rings. The lowest BCUT2D eigenvalue weighted by atomic mass is 9.87. The Labute approximate surface area is 105 Å². The Balaban J connectivity index is 1.49. The number of hydrogen-bond acceptors (Lipinski definition) is 1. The molecule has 0 amide bonds. The predicted molar refractivity (Wildman–Crippen MR) is 72.1 cm³/mol. The van der Waals surface area contributed by atoms with E-state index in [0.29, 0.717) is 0 Å². The average molecular weight is 229 g/mol. The van der Waals surface area contributed by atoms with Gasteiger partial charge in [-0.15, -0.1) is 0 Å². The summed E-state index contributed by atoms with van der Waals surface area (Å²) in [5, 5.41) is 3.86. The molecule has 17 heavy (non-hydrogen) atoms. The standard InChI is InChI=1S/C16H23N/c1-12-7-9-14(10-8-12)17-16-11-15(16)13-5-3-2-4-6-13/h2-6,12,14-17H,7-11H2,1H3. The number of rotatable bonds is 3. The molecule has 2 aliphatic carbocycles. The summed E-state index contributed by atoms with van der Waals surface area (Å²) in [5.41, 5.74) is 1.52. The molecule has 0 aromatic heterocycles. The van der Waals surface area contributed by atoms with Crippen LogP contribution in [0.2, 0.25) is 0 Å². The third kappa shape index (κ3) is 2.71. The average Bonchev–Trinajstić information content (AvgIpc) is 3.13. The SMILES string of the molecule is CC1CCC(NC2CC2c2ccccc2)CC1. The highest BCUT2D eigenvalue weighted by Gasteiger charge is 2.39. The van der Waals surface area contributed by atoms with Gasteiger partial charge in [0.25, 0.3) is 0 Å². The zero-order valence-electron chi connectivity index (χ0n) is 10.7. The molecule has 0 aliphatic heterocycles. The van der Waals surface area contributed by atoms with E-state index < -0.39 is 0 Å². The quantitative estimate of drug-likeness (QED) is 0.833. The van der Waals surface area contributed by atoms with E-state index in [1.54, 1.807) is 0 Å². The topological polar surface area (TPSA) is 12.0 Å². The van der Waals surface area contributed by atoms with E-state index in [2.05, 4.69) is 42.6 Å². The van der Waals surface area contributed by atoms with Crippen molar-refractivity contribution in [2.75, 3.05) is 0 Å². The fourth-order valence-corrected chi connectivity index (χ4v) is 3.18. The largest absolute Gasteiger partial charge is 0.311 e. The lowest BCUT2D eigenvalue weighted by Crippen LogP contribution is -2.34. The summed E-state index contributed by atoms with van der Waals surface area (Å²) in [4.78, 5) is 0. The van der Waals surface area contributed by atoms with Crippen LogP contribution in [0, 0.1) is 5.92 Å². The summed E-state index contributed by atoms with van der Waals surface area (Å²) < 4.78 is 0. The van der Waals surface area contributed by atoms with Gasteiger partial charge in [0.2, 0.25) is 0 Å². The molecule has 1 N–H and O–H groups in total. The Bertz CT molecular complexity index is 351. The van der Waals surface area contributed by atoms with E-state index >= 15 is 0 Å². The molecule has 1 heteroatoms. The molecule has 0 saturated heterocycles. The molecular formula is C16H23N. The van der Waals surface area contributed by atoms with E-state index in [4.69, 9.17) is 0 Å². The molecule has 2 unspecified atom stereocenters. The summed E-state index contributed by atoms with van der Waals surface area (Å²) in [6.45, 7) is 2.39. The van der Waals surface area contributed by atoms with Crippen molar-refractivity contribution in [2.24, 2.45) is 5.92 Å². The van der Waals surface area contributed by atoms with Crippen LogP contribution in [-0.4, -0.2) is 12.1 Å². The molecule has 2 fully saturated rings. The van der Waals surface area contributed by atoms with Gasteiger partial charge in [0.05, 0.1) is 0 Å². The maximum atomic E-state index is 3.86. The van der Waals surface area contributed by atoms with Crippen molar-refractivity contribution in [2.45, 2.75) is 57.0 Å². The van der Waals surface area contributed by atoms with Crippen LogP contribution < -0.4 is 5.32 Å². The van der Waals surface area contributed by atoms with Crippen molar-refractivity contribution >= 4 is 0 Å². The first-order chi connectivity index (χ1) is 8.33. The summed E-state index contributed by atoms with van der Waals surface area (Å²) in [7, 11) is 0. The Morgan fingerprint density at radius 2 is 1.71 bits per heavy atom. The van der Waals surface area contributed by atoms with Gasteiger partial charge in [0, 0.05) is 18.0 Å². The summed E-state index contributed by atoms with van der Waals surface area (Å²) in [5.74, 6) is 1.74. The molecule has 92 valence electrons. The molecule has 2 atom stereocenters. The maximum absolute atomic E-state index is 3.86. The van der Waals surface area contributed by atoms with Crippen LogP contribution in [0.25, 0.3) is 0 Å². The highest BCUT2D eigenvalue weighted by molar-refractivity contribution is 5.27. The molecular weight excluding hydrogens is 206 g/mol. The molecule has 2 saturated carbocycles. The zero-order valence-corrected chi connectivity index (χ0v) is 10.7. The Morgan fingerprint density at radius 1 is 1.00 bits per heavy atom. The van der Waals surface area contributed by atoms with Crippen molar-refractivity contribution in [3.63, 3.8) is 0 Å². The van der Waals surface area contributed by atoms with Crippen LogP contribution in [0.4, 0.5) is 0 Å². The van der Waals surface area contributed by atoms with E-state index in [-0.39, 0.29) is 0 Å². The molecule has 1 aromatic carbocycles. The zero-order chi connectivity index (χ0) is 11.7. The second-order valence-corrected chi connectivity index (χ2v) is 5.98. The molecule has 3 rings (SSSR count). The van der Waals surface area contributed by atoms with E-state index in [0.717, 1.165) is 23.9 Å². The second-order valence-electron chi connectivity index (χ2n) is 5.98. The van der Waals surface area contributed by atoms with Gasteiger partial charge in [-0.1, -0.05) is 37.3 Å². The first-order valence-corrected chi connectivity index (χ1v) is 7.14. The van der Waals surface area contributed by atoms with E-state index in [1.807, 2.05) is 0 Å². The number of benzene rings is 1. The van der Waals surface area contributed by atoms with Crippen LogP contribution >= 0.6 is 0 Å². The third-order valence-corrected chi connectivity index (χ3v) is 4.48. The minimum absolute atomic E-state index is 0.760. The maximum Gasteiger partial charge on any atom is 0.0145 e. The fraction of sp³-hybridized carbons (Fsp3) is 0.625. The molecule has 1 nitrogen and oxygen atoms in total. The van der Waals surface area contributed by atoms with Gasteiger partial charge in [-0.3, -0.25) is 0 Å². The monoisotopic (exact) mass is 229 g/mol. The van der Waals surface area contributed by atoms with Crippen molar-refractivity contribution in [1.29, 1.82) is 0 Å². The molecule has 0 spiro atoms. The highest BCUT2D eigenvalue weighted by atomic mass is 15.0. The minimum atomic E-state index is 0.760.